The molecule has 1 saturated carbocycles. The molecule has 0 saturated heterocycles. The molecule has 1 aliphatic carbocycles. The summed E-state index contributed by atoms with van der Waals surface area (Å²) in [7, 11) is 0. The Hall–Kier alpha value is 0.160. The van der Waals surface area contributed by atoms with Crippen molar-refractivity contribution in [3.63, 3.8) is 0 Å². The molecular weight excluding hydrogens is 256 g/mol. The first-order valence-corrected chi connectivity index (χ1v) is 4.63. The fraction of sp³-hybridized carbons (Fsp3) is 1.00. The van der Waals surface area contributed by atoms with Crippen LogP contribution in [0, 0.1) is 0 Å². The van der Waals surface area contributed by atoms with Gasteiger partial charge in [0.25, 0.3) is 0 Å². The normalized spacial score (nSPS) is 27.2. The molecule has 0 unspecified atom stereocenters. The Labute approximate surface area is 81.2 Å². The van der Waals surface area contributed by atoms with Crippen LogP contribution in [-0.4, -0.2) is 21.5 Å². The van der Waals surface area contributed by atoms with Gasteiger partial charge >= 0.3 is 4.83 Å². The third kappa shape index (κ3) is 2.34. The van der Waals surface area contributed by atoms with Crippen molar-refractivity contribution in [2.24, 2.45) is 0 Å². The molecule has 0 aromatic heterocycles. The van der Waals surface area contributed by atoms with Crippen molar-refractivity contribution in [3.8, 4) is 0 Å². The van der Waals surface area contributed by atoms with E-state index in [2.05, 4.69) is 0 Å². The van der Waals surface area contributed by atoms with Gasteiger partial charge in [-0.3, -0.25) is 0 Å². The maximum Gasteiger partial charge on any atom is 0.329 e. The maximum atomic E-state index is 12.7. The van der Waals surface area contributed by atoms with E-state index in [-0.39, 0.29) is 0 Å². The van der Waals surface area contributed by atoms with Crippen LogP contribution in [0.3, 0.4) is 0 Å². The highest BCUT2D eigenvalue weighted by Crippen LogP contribution is 2.48. The van der Waals surface area contributed by atoms with Gasteiger partial charge in [0.1, 0.15) is 5.60 Å². The molecule has 1 aliphatic rings. The molecule has 13 heavy (non-hydrogen) atoms. The highest BCUT2D eigenvalue weighted by Gasteiger charge is 2.55. The van der Waals surface area contributed by atoms with Crippen molar-refractivity contribution < 1.29 is 22.7 Å². The number of rotatable bonds is 1. The lowest BCUT2D eigenvalue weighted by molar-refractivity contribution is -0.172. The molecule has 0 atom stereocenters. The molecule has 1 rings (SSSR count). The molecule has 0 heterocycles. The van der Waals surface area contributed by atoms with E-state index in [1.165, 1.54) is 0 Å². The second kappa shape index (κ2) is 3.08. The maximum absolute atomic E-state index is 12.7. The monoisotopic (exact) mass is 264 g/mol. The minimum Gasteiger partial charge on any atom is -0.383 e. The van der Waals surface area contributed by atoms with E-state index >= 15 is 0 Å². The highest BCUT2D eigenvalue weighted by molar-refractivity contribution is 9.10. The molecule has 6 heteroatoms. The zero-order valence-electron chi connectivity index (χ0n) is 6.67. The summed E-state index contributed by atoms with van der Waals surface area (Å²) < 4.78 is 50.5. The summed E-state index contributed by atoms with van der Waals surface area (Å²) >= 11 is 2.01. The van der Waals surface area contributed by atoms with Gasteiger partial charge in [-0.05, 0) is 28.8 Å². The van der Waals surface area contributed by atoms with Crippen molar-refractivity contribution in [2.75, 3.05) is 0 Å². The van der Waals surface area contributed by atoms with E-state index in [4.69, 9.17) is 0 Å². The first kappa shape index (κ1) is 11.2. The second-order valence-electron chi connectivity index (χ2n) is 3.39. The first-order chi connectivity index (χ1) is 5.66. The quantitative estimate of drug-likeness (QED) is 0.571. The number of hydrogen-bond acceptors (Lipinski definition) is 1. The Bertz CT molecular complexity index is 191. The van der Waals surface area contributed by atoms with Crippen LogP contribution < -0.4 is 0 Å². The minimum atomic E-state index is -3.49. The first-order valence-electron chi connectivity index (χ1n) is 3.83. The Kier molecular flexibility index (Phi) is 2.67. The third-order valence-corrected chi connectivity index (χ3v) is 3.07. The Morgan fingerprint density at radius 2 is 1.46 bits per heavy atom. The summed E-state index contributed by atoms with van der Waals surface area (Å²) in [5.74, 6) is -2.91. The van der Waals surface area contributed by atoms with Crippen LogP contribution in [0.15, 0.2) is 0 Å². The average Bonchev–Trinajstić information content (AvgIpc) is 1.94. The van der Waals surface area contributed by atoms with Gasteiger partial charge in [0, 0.05) is 12.8 Å². The van der Waals surface area contributed by atoms with E-state index in [0.29, 0.717) is 0 Å². The summed E-state index contributed by atoms with van der Waals surface area (Å²) in [6.07, 6.45) is -2.55. The van der Waals surface area contributed by atoms with Crippen molar-refractivity contribution in [1.29, 1.82) is 0 Å². The molecule has 0 radical (unpaired) electrons. The van der Waals surface area contributed by atoms with Crippen LogP contribution in [0.25, 0.3) is 0 Å². The molecule has 0 aliphatic heterocycles. The van der Waals surface area contributed by atoms with E-state index in [9.17, 15) is 22.7 Å². The largest absolute Gasteiger partial charge is 0.383 e. The molecule has 1 nitrogen and oxygen atoms in total. The number of alkyl halides is 5. The Balaban J connectivity index is 2.68. The van der Waals surface area contributed by atoms with Crippen LogP contribution in [0.1, 0.15) is 25.7 Å². The van der Waals surface area contributed by atoms with Crippen molar-refractivity contribution in [1.82, 2.24) is 0 Å². The smallest absolute Gasteiger partial charge is 0.329 e. The van der Waals surface area contributed by atoms with Crippen LogP contribution in [0.2, 0.25) is 0 Å². The number of hydrogen-bond donors (Lipinski definition) is 1. The molecule has 0 spiro atoms. The molecule has 0 aromatic rings. The summed E-state index contributed by atoms with van der Waals surface area (Å²) in [5.41, 5.74) is -2.32. The van der Waals surface area contributed by atoms with Gasteiger partial charge in [0.05, 0.1) is 0 Å². The topological polar surface area (TPSA) is 20.2 Å². The molecule has 0 amide bonds. The van der Waals surface area contributed by atoms with Crippen molar-refractivity contribution in [2.45, 2.75) is 42.0 Å². The summed E-state index contributed by atoms with van der Waals surface area (Å²) in [6, 6.07) is 0. The fourth-order valence-corrected chi connectivity index (χ4v) is 1.71. The standard InChI is InChI=1S/C7H9BrF4O/c8-7(11,12)5(13)1-3-6(9,10)4-2-5/h13H,1-4H2. The van der Waals surface area contributed by atoms with Gasteiger partial charge in [-0.25, -0.2) is 8.78 Å². The molecule has 0 bridgehead atoms. The molecular formula is C7H9BrF4O. The van der Waals surface area contributed by atoms with E-state index in [1.54, 1.807) is 0 Å². The SMILES string of the molecule is OC1(C(F)(F)Br)CCC(F)(F)CC1. The fourth-order valence-electron chi connectivity index (χ4n) is 1.31. The van der Waals surface area contributed by atoms with Gasteiger partial charge in [0.2, 0.25) is 5.92 Å². The minimum absolute atomic E-state index is 0.585. The van der Waals surface area contributed by atoms with Crippen LogP contribution in [-0.2, 0) is 0 Å². The second-order valence-corrected chi connectivity index (χ2v) is 4.38. The highest BCUT2D eigenvalue weighted by atomic mass is 79.9. The molecule has 78 valence electrons. The van der Waals surface area contributed by atoms with Gasteiger partial charge in [0.15, 0.2) is 0 Å². The van der Waals surface area contributed by atoms with Crippen molar-refractivity contribution in [3.05, 3.63) is 0 Å². The Morgan fingerprint density at radius 1 is 1.08 bits per heavy atom. The van der Waals surface area contributed by atoms with Crippen LogP contribution in [0.5, 0.6) is 0 Å². The van der Waals surface area contributed by atoms with Crippen LogP contribution >= 0.6 is 15.9 Å². The van der Waals surface area contributed by atoms with Gasteiger partial charge in [-0.15, -0.1) is 0 Å². The zero-order chi connectivity index (χ0) is 10.3. The lowest BCUT2D eigenvalue weighted by Gasteiger charge is -2.38. The molecule has 1 N–H and O–H groups in total. The molecule has 0 aromatic carbocycles. The molecule has 1 fully saturated rings. The van der Waals surface area contributed by atoms with Gasteiger partial charge in [-0.1, -0.05) is 0 Å². The van der Waals surface area contributed by atoms with Crippen molar-refractivity contribution >= 4 is 15.9 Å². The number of aliphatic hydroxyl groups is 1. The van der Waals surface area contributed by atoms with Gasteiger partial charge < -0.3 is 5.11 Å². The number of halogens is 5. The van der Waals surface area contributed by atoms with Crippen LogP contribution in [0.4, 0.5) is 17.6 Å². The summed E-state index contributed by atoms with van der Waals surface area (Å²) in [5, 5.41) is 9.31. The average molecular weight is 265 g/mol. The summed E-state index contributed by atoms with van der Waals surface area (Å²) in [4.78, 5) is -3.49. The van der Waals surface area contributed by atoms with E-state index in [1.807, 2.05) is 15.9 Å². The zero-order valence-corrected chi connectivity index (χ0v) is 8.25. The third-order valence-electron chi connectivity index (χ3n) is 2.34. The lowest BCUT2D eigenvalue weighted by atomic mass is 9.83. The lowest BCUT2D eigenvalue weighted by Crippen LogP contribution is -2.48. The predicted octanol–water partition coefficient (Wildman–Crippen LogP) is 2.91. The van der Waals surface area contributed by atoms with E-state index in [0.717, 1.165) is 0 Å². The summed E-state index contributed by atoms with van der Waals surface area (Å²) in [6.45, 7) is 0. The Morgan fingerprint density at radius 3 is 1.77 bits per heavy atom. The van der Waals surface area contributed by atoms with E-state index < -0.39 is 42.0 Å². The predicted molar refractivity (Wildman–Crippen MR) is 42.2 cm³/mol. The van der Waals surface area contributed by atoms with Gasteiger partial charge in [-0.2, -0.15) is 8.78 Å².